The van der Waals surface area contributed by atoms with Crippen LogP contribution in [0.3, 0.4) is 0 Å². The van der Waals surface area contributed by atoms with E-state index in [-0.39, 0.29) is 17.6 Å². The van der Waals surface area contributed by atoms with E-state index in [0.717, 1.165) is 26.1 Å². The van der Waals surface area contributed by atoms with Crippen LogP contribution in [0.1, 0.15) is 36.5 Å². The van der Waals surface area contributed by atoms with Crippen LogP contribution in [0.25, 0.3) is 11.0 Å². The number of carbonyl (C=O) groups is 1. The van der Waals surface area contributed by atoms with Crippen molar-refractivity contribution in [2.75, 3.05) is 26.7 Å². The maximum atomic E-state index is 12.7. The van der Waals surface area contributed by atoms with E-state index >= 15 is 0 Å². The first-order valence-corrected chi connectivity index (χ1v) is 9.83. The molecule has 1 saturated heterocycles. The number of esters is 1. The Bertz CT molecular complexity index is 857. The van der Waals surface area contributed by atoms with E-state index in [1.165, 1.54) is 12.8 Å². The number of halogens is 1. The average Bonchev–Trinajstić information content (AvgIpc) is 2.63. The highest BCUT2D eigenvalue weighted by molar-refractivity contribution is 9.10. The molecule has 0 aromatic carbocycles. The maximum absolute atomic E-state index is 12.7. The second-order valence-electron chi connectivity index (χ2n) is 6.85. The molecule has 140 valence electrons. The van der Waals surface area contributed by atoms with Crippen LogP contribution in [0.2, 0.25) is 0 Å². The Balaban J connectivity index is 1.93. The summed E-state index contributed by atoms with van der Waals surface area (Å²) < 4.78 is 7.70. The van der Waals surface area contributed by atoms with Crippen LogP contribution in [0.5, 0.6) is 0 Å². The highest BCUT2D eigenvalue weighted by Crippen LogP contribution is 2.22. The zero-order valence-electron chi connectivity index (χ0n) is 15.2. The van der Waals surface area contributed by atoms with Gasteiger partial charge < -0.3 is 14.2 Å². The molecule has 2 aromatic rings. The molecule has 0 saturated carbocycles. The lowest BCUT2D eigenvalue weighted by molar-refractivity contribution is 0.0524. The highest BCUT2D eigenvalue weighted by atomic mass is 79.9. The first kappa shape index (κ1) is 19.0. The first-order chi connectivity index (χ1) is 12.5. The van der Waals surface area contributed by atoms with Crippen LogP contribution in [-0.2, 0) is 11.3 Å². The van der Waals surface area contributed by atoms with E-state index in [2.05, 4.69) is 32.9 Å². The van der Waals surface area contributed by atoms with Crippen LogP contribution >= 0.6 is 15.9 Å². The van der Waals surface area contributed by atoms with Crippen molar-refractivity contribution < 1.29 is 9.53 Å². The second-order valence-corrected chi connectivity index (χ2v) is 7.76. The van der Waals surface area contributed by atoms with Crippen molar-refractivity contribution in [1.29, 1.82) is 0 Å². The third-order valence-electron chi connectivity index (χ3n) is 4.99. The Morgan fingerprint density at radius 2 is 2.12 bits per heavy atom. The van der Waals surface area contributed by atoms with Crippen molar-refractivity contribution in [2.45, 2.75) is 32.7 Å². The molecule has 0 bridgehead atoms. The molecule has 6 nitrogen and oxygen atoms in total. The summed E-state index contributed by atoms with van der Waals surface area (Å²) in [6.45, 7) is 4.94. The van der Waals surface area contributed by atoms with Crippen molar-refractivity contribution in [2.24, 2.45) is 5.92 Å². The summed E-state index contributed by atoms with van der Waals surface area (Å²) in [5.41, 5.74) is 0.351. The van der Waals surface area contributed by atoms with E-state index in [0.29, 0.717) is 21.4 Å². The number of carbonyl (C=O) groups excluding carboxylic acids is 1. The minimum absolute atomic E-state index is 0.0719. The van der Waals surface area contributed by atoms with Gasteiger partial charge in [0.15, 0.2) is 0 Å². The number of hydrogen-bond acceptors (Lipinski definition) is 5. The minimum Gasteiger partial charge on any atom is -0.462 e. The van der Waals surface area contributed by atoms with Gasteiger partial charge in [-0.3, -0.25) is 4.79 Å². The van der Waals surface area contributed by atoms with Gasteiger partial charge >= 0.3 is 5.97 Å². The highest BCUT2D eigenvalue weighted by Gasteiger charge is 2.20. The number of piperidine rings is 1. The Kier molecular flexibility index (Phi) is 6.09. The third kappa shape index (κ3) is 4.15. The summed E-state index contributed by atoms with van der Waals surface area (Å²) in [7, 11) is 2.15. The Morgan fingerprint density at radius 1 is 1.38 bits per heavy atom. The lowest BCUT2D eigenvalue weighted by atomic mass is 9.94. The number of hydrogen-bond donors (Lipinski definition) is 0. The molecule has 1 fully saturated rings. The fourth-order valence-corrected chi connectivity index (χ4v) is 3.78. The van der Waals surface area contributed by atoms with Gasteiger partial charge in [-0.15, -0.1) is 0 Å². The topological polar surface area (TPSA) is 64.4 Å². The number of aromatic nitrogens is 2. The smallest absolute Gasteiger partial charge is 0.343 e. The molecular formula is C19H24BrN3O3. The molecule has 0 radical (unpaired) electrons. The fourth-order valence-electron chi connectivity index (χ4n) is 3.45. The fraction of sp³-hybridized carbons (Fsp3) is 0.526. The predicted octanol–water partition coefficient (Wildman–Crippen LogP) is 3.07. The molecule has 0 unspecified atom stereocenters. The van der Waals surface area contributed by atoms with Crippen LogP contribution in [-0.4, -0.2) is 47.2 Å². The van der Waals surface area contributed by atoms with Crippen LogP contribution in [0.4, 0.5) is 0 Å². The van der Waals surface area contributed by atoms with Crippen LogP contribution < -0.4 is 5.43 Å². The molecule has 26 heavy (non-hydrogen) atoms. The van der Waals surface area contributed by atoms with Gasteiger partial charge in [0, 0.05) is 23.4 Å². The lowest BCUT2D eigenvalue weighted by Gasteiger charge is -2.29. The van der Waals surface area contributed by atoms with Gasteiger partial charge in [0.05, 0.1) is 12.0 Å². The van der Waals surface area contributed by atoms with Crippen molar-refractivity contribution in [3.05, 3.63) is 38.7 Å². The largest absolute Gasteiger partial charge is 0.462 e. The zero-order valence-corrected chi connectivity index (χ0v) is 16.8. The van der Waals surface area contributed by atoms with Crippen LogP contribution in [0.15, 0.2) is 27.7 Å². The predicted molar refractivity (Wildman–Crippen MR) is 104 cm³/mol. The molecular weight excluding hydrogens is 398 g/mol. The van der Waals surface area contributed by atoms with Gasteiger partial charge in [-0.1, -0.05) is 0 Å². The minimum atomic E-state index is -0.576. The molecule has 3 heterocycles. The lowest BCUT2D eigenvalue weighted by Crippen LogP contribution is -2.30. The summed E-state index contributed by atoms with van der Waals surface area (Å²) >= 11 is 3.36. The number of aryl methyl sites for hydroxylation is 1. The van der Waals surface area contributed by atoms with E-state index < -0.39 is 5.97 Å². The molecule has 0 spiro atoms. The average molecular weight is 422 g/mol. The van der Waals surface area contributed by atoms with Gasteiger partial charge in [0.1, 0.15) is 11.2 Å². The molecule has 0 aliphatic carbocycles. The Labute approximate surface area is 161 Å². The standard InChI is InChI=1S/C19H24BrN3O3/c1-3-26-19(25)16-12-23(9-6-13-4-7-22(2)8-5-13)18-15(17(16)24)10-14(20)11-21-18/h10-13H,3-9H2,1-2H3. The van der Waals surface area contributed by atoms with E-state index in [1.807, 2.05) is 4.57 Å². The van der Waals surface area contributed by atoms with Gasteiger partial charge in [-0.05, 0) is 74.2 Å². The third-order valence-corrected chi connectivity index (χ3v) is 5.42. The summed E-state index contributed by atoms with van der Waals surface area (Å²) in [5.74, 6) is 0.0783. The van der Waals surface area contributed by atoms with Gasteiger partial charge in [0.25, 0.3) is 0 Å². The van der Waals surface area contributed by atoms with Gasteiger partial charge in [0.2, 0.25) is 5.43 Å². The quantitative estimate of drug-likeness (QED) is 0.694. The van der Waals surface area contributed by atoms with Gasteiger partial charge in [-0.25, -0.2) is 9.78 Å². The number of ether oxygens (including phenoxy) is 1. The molecule has 0 N–H and O–H groups in total. The van der Waals surface area contributed by atoms with Crippen molar-refractivity contribution >= 4 is 32.9 Å². The summed E-state index contributed by atoms with van der Waals surface area (Å²) in [4.78, 5) is 31.7. The van der Waals surface area contributed by atoms with E-state index in [1.54, 1.807) is 25.4 Å². The van der Waals surface area contributed by atoms with E-state index in [4.69, 9.17) is 4.74 Å². The molecule has 3 rings (SSSR count). The molecule has 1 aliphatic heterocycles. The number of fused-ring (bicyclic) bond motifs is 1. The number of rotatable bonds is 5. The molecule has 1 aliphatic rings. The Hall–Kier alpha value is -1.73. The maximum Gasteiger partial charge on any atom is 0.343 e. The van der Waals surface area contributed by atoms with Crippen molar-refractivity contribution in [3.8, 4) is 0 Å². The van der Waals surface area contributed by atoms with Crippen molar-refractivity contribution in [1.82, 2.24) is 14.5 Å². The monoisotopic (exact) mass is 421 g/mol. The molecule has 7 heteroatoms. The summed E-state index contributed by atoms with van der Waals surface area (Å²) in [5, 5.41) is 0.438. The summed E-state index contributed by atoms with van der Waals surface area (Å²) in [6, 6.07) is 1.72. The van der Waals surface area contributed by atoms with Crippen LogP contribution in [0, 0.1) is 5.92 Å². The molecule has 2 aromatic heterocycles. The number of likely N-dealkylation sites (tertiary alicyclic amines) is 1. The normalized spacial score (nSPS) is 16.1. The second kappa shape index (κ2) is 8.31. The van der Waals surface area contributed by atoms with Crippen molar-refractivity contribution in [3.63, 3.8) is 0 Å². The number of pyridine rings is 2. The van der Waals surface area contributed by atoms with E-state index in [9.17, 15) is 9.59 Å². The number of nitrogens with zero attached hydrogens (tertiary/aromatic N) is 3. The van der Waals surface area contributed by atoms with Gasteiger partial charge in [-0.2, -0.15) is 0 Å². The molecule has 0 amide bonds. The Morgan fingerprint density at radius 3 is 2.81 bits per heavy atom. The first-order valence-electron chi connectivity index (χ1n) is 9.04. The zero-order chi connectivity index (χ0) is 18.7. The summed E-state index contributed by atoms with van der Waals surface area (Å²) in [6.07, 6.45) is 6.65. The molecule has 0 atom stereocenters. The SMILES string of the molecule is CCOC(=O)c1cn(CCC2CCN(C)CC2)c2ncc(Br)cc2c1=O.